The van der Waals surface area contributed by atoms with Crippen LogP contribution >= 0.6 is 22.9 Å². The Labute approximate surface area is 132 Å². The number of anilines is 1. The van der Waals surface area contributed by atoms with Gasteiger partial charge >= 0.3 is 0 Å². The molecule has 0 unspecified atom stereocenters. The zero-order valence-corrected chi connectivity index (χ0v) is 13.1. The molecule has 0 aliphatic heterocycles. The second kappa shape index (κ2) is 6.54. The zero-order valence-electron chi connectivity index (χ0n) is 11.5. The number of nitrogens with one attached hydrogen (secondary N) is 1. The summed E-state index contributed by atoms with van der Waals surface area (Å²) in [6.07, 6.45) is 5.39. The molecule has 1 heterocycles. The lowest BCUT2D eigenvalue weighted by atomic mass is 10.0. The van der Waals surface area contributed by atoms with E-state index in [9.17, 15) is 4.79 Å². The first-order valence-corrected chi connectivity index (χ1v) is 8.30. The molecule has 1 saturated carbocycles. The largest absolute Gasteiger partial charge is 0.301 e. The molecule has 21 heavy (non-hydrogen) atoms. The fourth-order valence-electron chi connectivity index (χ4n) is 2.66. The molecule has 1 N–H and O–H groups in total. The molecule has 1 fully saturated rings. The molecule has 1 aliphatic carbocycles. The van der Waals surface area contributed by atoms with Crippen LogP contribution in [0.1, 0.15) is 32.1 Å². The van der Waals surface area contributed by atoms with Crippen molar-refractivity contribution in [1.29, 1.82) is 0 Å². The van der Waals surface area contributed by atoms with Crippen molar-refractivity contribution in [1.82, 2.24) is 10.2 Å². The second-order valence-corrected chi connectivity index (χ2v) is 6.68. The van der Waals surface area contributed by atoms with E-state index in [1.807, 2.05) is 24.3 Å². The van der Waals surface area contributed by atoms with E-state index in [0.29, 0.717) is 22.5 Å². The summed E-state index contributed by atoms with van der Waals surface area (Å²) in [6.45, 7) is 0. The molecular formula is C15H16ClN3OS. The van der Waals surface area contributed by atoms with Gasteiger partial charge < -0.3 is 5.32 Å². The lowest BCUT2D eigenvalue weighted by molar-refractivity contribution is -0.117. The summed E-state index contributed by atoms with van der Waals surface area (Å²) >= 11 is 7.49. The fourth-order valence-corrected chi connectivity index (χ4v) is 3.74. The third-order valence-corrected chi connectivity index (χ3v) is 4.93. The van der Waals surface area contributed by atoms with Crippen molar-refractivity contribution in [3.8, 4) is 10.6 Å². The third-order valence-electron chi connectivity index (χ3n) is 3.72. The third kappa shape index (κ3) is 3.60. The Hall–Kier alpha value is -1.46. The number of halogens is 1. The Bertz CT molecular complexity index is 637. The molecule has 0 radical (unpaired) electrons. The number of rotatable bonds is 4. The summed E-state index contributed by atoms with van der Waals surface area (Å²) in [7, 11) is 0. The normalized spacial score (nSPS) is 15.3. The van der Waals surface area contributed by atoms with Crippen molar-refractivity contribution in [3.05, 3.63) is 29.3 Å². The molecule has 110 valence electrons. The second-order valence-electron chi connectivity index (χ2n) is 5.29. The maximum atomic E-state index is 12.0. The predicted molar refractivity (Wildman–Crippen MR) is 85.6 cm³/mol. The molecule has 1 amide bonds. The van der Waals surface area contributed by atoms with E-state index in [4.69, 9.17) is 11.6 Å². The zero-order chi connectivity index (χ0) is 14.7. The van der Waals surface area contributed by atoms with Crippen molar-refractivity contribution in [2.75, 3.05) is 5.32 Å². The number of carbonyl (C=O) groups excluding carboxylic acids is 1. The Morgan fingerprint density at radius 3 is 2.81 bits per heavy atom. The first-order valence-electron chi connectivity index (χ1n) is 7.10. The lowest BCUT2D eigenvalue weighted by Gasteiger charge is -2.06. The Balaban J connectivity index is 1.65. The quantitative estimate of drug-likeness (QED) is 0.909. The topological polar surface area (TPSA) is 54.9 Å². The summed E-state index contributed by atoms with van der Waals surface area (Å²) < 4.78 is 0. The Morgan fingerprint density at radius 1 is 1.29 bits per heavy atom. The lowest BCUT2D eigenvalue weighted by Crippen LogP contribution is -2.14. The van der Waals surface area contributed by atoms with Gasteiger partial charge in [-0.05, 0) is 24.8 Å². The summed E-state index contributed by atoms with van der Waals surface area (Å²) in [5.74, 6) is 0.560. The number of benzene rings is 1. The average molecular weight is 322 g/mol. The minimum Gasteiger partial charge on any atom is -0.301 e. The van der Waals surface area contributed by atoms with Gasteiger partial charge in [-0.1, -0.05) is 54.0 Å². The van der Waals surface area contributed by atoms with Gasteiger partial charge in [-0.2, -0.15) is 0 Å². The molecule has 4 nitrogen and oxygen atoms in total. The van der Waals surface area contributed by atoms with Gasteiger partial charge in [0, 0.05) is 12.0 Å². The van der Waals surface area contributed by atoms with E-state index in [-0.39, 0.29) is 5.91 Å². The number of hydrogen-bond donors (Lipinski definition) is 1. The molecule has 0 spiro atoms. The van der Waals surface area contributed by atoms with Crippen molar-refractivity contribution in [3.63, 3.8) is 0 Å². The van der Waals surface area contributed by atoms with Crippen LogP contribution in [0, 0.1) is 5.92 Å². The van der Waals surface area contributed by atoms with Gasteiger partial charge in [-0.15, -0.1) is 10.2 Å². The van der Waals surface area contributed by atoms with E-state index in [1.165, 1.54) is 24.2 Å². The highest BCUT2D eigenvalue weighted by Gasteiger charge is 2.19. The molecule has 0 saturated heterocycles. The summed E-state index contributed by atoms with van der Waals surface area (Å²) in [6, 6.07) is 7.49. The van der Waals surface area contributed by atoms with E-state index >= 15 is 0 Å². The number of hydrogen-bond acceptors (Lipinski definition) is 4. The van der Waals surface area contributed by atoms with Crippen LogP contribution in [0.3, 0.4) is 0 Å². The smallest absolute Gasteiger partial charge is 0.226 e. The van der Waals surface area contributed by atoms with E-state index in [1.54, 1.807) is 0 Å². The van der Waals surface area contributed by atoms with Crippen molar-refractivity contribution >= 4 is 34.0 Å². The van der Waals surface area contributed by atoms with Crippen LogP contribution in [0.25, 0.3) is 10.6 Å². The van der Waals surface area contributed by atoms with Crippen molar-refractivity contribution < 1.29 is 4.79 Å². The minimum atomic E-state index is 0.0313. The fraction of sp³-hybridized carbons (Fsp3) is 0.400. The molecular weight excluding hydrogens is 306 g/mol. The standard InChI is InChI=1S/C15H16ClN3OS/c16-12-8-4-3-7-11(12)14-18-19-15(21-14)17-13(20)9-10-5-1-2-6-10/h3-4,7-8,10H,1-2,5-6,9H2,(H,17,19,20). The number of amides is 1. The van der Waals surface area contributed by atoms with Gasteiger partial charge in [0.25, 0.3) is 0 Å². The highest BCUT2D eigenvalue weighted by molar-refractivity contribution is 7.18. The Kier molecular flexibility index (Phi) is 4.51. The number of nitrogens with zero attached hydrogens (tertiary/aromatic N) is 2. The Morgan fingerprint density at radius 2 is 2.05 bits per heavy atom. The first kappa shape index (κ1) is 14.5. The van der Waals surface area contributed by atoms with Crippen LogP contribution in [0.2, 0.25) is 5.02 Å². The molecule has 1 aromatic heterocycles. The molecule has 0 bridgehead atoms. The highest BCUT2D eigenvalue weighted by atomic mass is 35.5. The van der Waals surface area contributed by atoms with Crippen LogP contribution in [0.4, 0.5) is 5.13 Å². The molecule has 1 aromatic carbocycles. The van der Waals surface area contributed by atoms with Crippen LogP contribution in [-0.4, -0.2) is 16.1 Å². The SMILES string of the molecule is O=C(CC1CCCC1)Nc1nnc(-c2ccccc2Cl)s1. The van der Waals surface area contributed by atoms with Gasteiger partial charge in [0.05, 0.1) is 5.02 Å². The van der Waals surface area contributed by atoms with Crippen LogP contribution in [-0.2, 0) is 4.79 Å². The van der Waals surface area contributed by atoms with Gasteiger partial charge in [-0.3, -0.25) is 4.79 Å². The summed E-state index contributed by atoms with van der Waals surface area (Å²) in [5, 5.41) is 12.9. The number of carbonyl (C=O) groups is 1. The summed E-state index contributed by atoms with van der Waals surface area (Å²) in [5.41, 5.74) is 0.841. The molecule has 0 atom stereocenters. The predicted octanol–water partition coefficient (Wildman–Crippen LogP) is 4.38. The van der Waals surface area contributed by atoms with Gasteiger partial charge in [0.15, 0.2) is 5.01 Å². The molecule has 6 heteroatoms. The van der Waals surface area contributed by atoms with E-state index in [0.717, 1.165) is 23.4 Å². The first-order chi connectivity index (χ1) is 10.2. The highest BCUT2D eigenvalue weighted by Crippen LogP contribution is 2.32. The van der Waals surface area contributed by atoms with Crippen molar-refractivity contribution in [2.45, 2.75) is 32.1 Å². The minimum absolute atomic E-state index is 0.0313. The van der Waals surface area contributed by atoms with Gasteiger partial charge in [0.1, 0.15) is 0 Å². The maximum absolute atomic E-state index is 12.0. The van der Waals surface area contributed by atoms with E-state index < -0.39 is 0 Å². The molecule has 3 rings (SSSR count). The summed E-state index contributed by atoms with van der Waals surface area (Å²) in [4.78, 5) is 12.0. The van der Waals surface area contributed by atoms with Gasteiger partial charge in [-0.25, -0.2) is 0 Å². The maximum Gasteiger partial charge on any atom is 0.226 e. The van der Waals surface area contributed by atoms with Crippen molar-refractivity contribution in [2.24, 2.45) is 5.92 Å². The molecule has 2 aromatic rings. The van der Waals surface area contributed by atoms with Crippen LogP contribution in [0.5, 0.6) is 0 Å². The number of aromatic nitrogens is 2. The molecule has 1 aliphatic rings. The van der Waals surface area contributed by atoms with Gasteiger partial charge in [0.2, 0.25) is 11.0 Å². The van der Waals surface area contributed by atoms with Crippen LogP contribution in [0.15, 0.2) is 24.3 Å². The average Bonchev–Trinajstić information content (AvgIpc) is 3.11. The monoisotopic (exact) mass is 321 g/mol. The van der Waals surface area contributed by atoms with E-state index in [2.05, 4.69) is 15.5 Å². The van der Waals surface area contributed by atoms with Crippen LogP contribution < -0.4 is 5.32 Å².